The number of pyridine rings is 1. The molecule has 76 valence electrons. The molecule has 2 rings (SSSR count). The normalized spacial score (nSPS) is 9.87. The number of nitrogens with one attached hydrogen (secondary N) is 1. The fourth-order valence-electron chi connectivity index (χ4n) is 1.20. The number of carbonyl (C=O) groups is 1. The van der Waals surface area contributed by atoms with Crippen LogP contribution in [0.5, 0.6) is 0 Å². The van der Waals surface area contributed by atoms with Crippen LogP contribution >= 0.6 is 0 Å². The number of anilines is 1. The van der Waals surface area contributed by atoms with Gasteiger partial charge in [0.2, 0.25) is 5.91 Å². The molecule has 0 aliphatic rings. The van der Waals surface area contributed by atoms with E-state index < -0.39 is 0 Å². The molecule has 0 bridgehead atoms. The molecule has 1 amide bonds. The molecule has 2 aromatic heterocycles. The lowest BCUT2D eigenvalue weighted by atomic mass is 10.3. The summed E-state index contributed by atoms with van der Waals surface area (Å²) in [6, 6.07) is 8.86. The average Bonchev–Trinajstić information content (AvgIpc) is 2.71. The quantitative estimate of drug-likeness (QED) is 0.826. The van der Waals surface area contributed by atoms with E-state index in [1.54, 1.807) is 36.7 Å². The van der Waals surface area contributed by atoms with E-state index in [1.807, 2.05) is 6.07 Å². The molecule has 4 heteroatoms. The van der Waals surface area contributed by atoms with Gasteiger partial charge in [0, 0.05) is 6.20 Å². The molecule has 15 heavy (non-hydrogen) atoms. The summed E-state index contributed by atoms with van der Waals surface area (Å²) in [5.74, 6) is 1.06. The van der Waals surface area contributed by atoms with Crippen molar-refractivity contribution in [1.82, 2.24) is 4.98 Å². The zero-order valence-electron chi connectivity index (χ0n) is 8.01. The Hall–Kier alpha value is -2.10. The van der Waals surface area contributed by atoms with Crippen LogP contribution in [0, 0.1) is 0 Å². The summed E-state index contributed by atoms with van der Waals surface area (Å²) in [4.78, 5) is 15.5. The lowest BCUT2D eigenvalue weighted by Crippen LogP contribution is -2.14. The van der Waals surface area contributed by atoms with Crippen molar-refractivity contribution in [2.75, 3.05) is 5.32 Å². The number of amides is 1. The summed E-state index contributed by atoms with van der Waals surface area (Å²) in [7, 11) is 0. The monoisotopic (exact) mass is 202 g/mol. The zero-order chi connectivity index (χ0) is 10.5. The van der Waals surface area contributed by atoms with Gasteiger partial charge in [0.15, 0.2) is 0 Å². The van der Waals surface area contributed by atoms with Crippen LogP contribution in [0.15, 0.2) is 47.2 Å². The summed E-state index contributed by atoms with van der Waals surface area (Å²) in [5, 5.41) is 2.67. The fraction of sp³-hybridized carbons (Fsp3) is 0.0909. The Morgan fingerprint density at radius 1 is 1.33 bits per heavy atom. The van der Waals surface area contributed by atoms with Crippen LogP contribution in [0.4, 0.5) is 5.82 Å². The van der Waals surface area contributed by atoms with E-state index in [4.69, 9.17) is 4.42 Å². The minimum atomic E-state index is -0.136. The van der Waals surface area contributed by atoms with Crippen LogP contribution in [-0.2, 0) is 11.2 Å². The first-order valence-corrected chi connectivity index (χ1v) is 4.58. The molecule has 0 atom stereocenters. The van der Waals surface area contributed by atoms with E-state index in [-0.39, 0.29) is 12.3 Å². The predicted octanol–water partition coefficient (Wildman–Crippen LogP) is 1.86. The molecule has 2 aromatic rings. The van der Waals surface area contributed by atoms with Gasteiger partial charge in [-0.3, -0.25) is 4.79 Å². The van der Waals surface area contributed by atoms with E-state index >= 15 is 0 Å². The van der Waals surface area contributed by atoms with E-state index in [0.717, 1.165) is 0 Å². The van der Waals surface area contributed by atoms with Crippen LogP contribution in [0.25, 0.3) is 0 Å². The Morgan fingerprint density at radius 3 is 2.93 bits per heavy atom. The molecule has 2 heterocycles. The van der Waals surface area contributed by atoms with Gasteiger partial charge < -0.3 is 9.73 Å². The molecule has 0 aliphatic carbocycles. The van der Waals surface area contributed by atoms with Crippen LogP contribution in [0.1, 0.15) is 5.76 Å². The molecule has 0 saturated heterocycles. The third-order valence-electron chi connectivity index (χ3n) is 1.85. The van der Waals surface area contributed by atoms with Gasteiger partial charge in [0.05, 0.1) is 12.7 Å². The lowest BCUT2D eigenvalue weighted by molar-refractivity contribution is -0.115. The zero-order valence-corrected chi connectivity index (χ0v) is 8.01. The number of aromatic nitrogens is 1. The van der Waals surface area contributed by atoms with Crippen molar-refractivity contribution in [1.29, 1.82) is 0 Å². The molecule has 4 nitrogen and oxygen atoms in total. The standard InChI is InChI=1S/C11H10N2O2/c14-11(8-9-4-3-7-15-9)13-10-5-1-2-6-12-10/h1-7H,8H2,(H,12,13,14). The molecule has 0 saturated carbocycles. The van der Waals surface area contributed by atoms with Gasteiger partial charge in [-0.05, 0) is 24.3 Å². The minimum Gasteiger partial charge on any atom is -0.469 e. The Morgan fingerprint density at radius 2 is 2.27 bits per heavy atom. The summed E-state index contributed by atoms with van der Waals surface area (Å²) >= 11 is 0. The van der Waals surface area contributed by atoms with Gasteiger partial charge >= 0.3 is 0 Å². The third kappa shape index (κ3) is 2.67. The maximum absolute atomic E-state index is 11.5. The van der Waals surface area contributed by atoms with Crippen molar-refractivity contribution in [3.05, 3.63) is 48.6 Å². The summed E-state index contributed by atoms with van der Waals surface area (Å²) < 4.78 is 5.06. The van der Waals surface area contributed by atoms with Crippen molar-refractivity contribution in [2.45, 2.75) is 6.42 Å². The second-order valence-corrected chi connectivity index (χ2v) is 3.02. The summed E-state index contributed by atoms with van der Waals surface area (Å²) in [6.45, 7) is 0. The Balaban J connectivity index is 1.94. The Labute approximate surface area is 86.9 Å². The van der Waals surface area contributed by atoms with Crippen molar-refractivity contribution in [3.8, 4) is 0 Å². The first-order valence-electron chi connectivity index (χ1n) is 4.58. The molecule has 0 aromatic carbocycles. The van der Waals surface area contributed by atoms with Crippen molar-refractivity contribution < 1.29 is 9.21 Å². The maximum Gasteiger partial charge on any atom is 0.233 e. The third-order valence-corrected chi connectivity index (χ3v) is 1.85. The van der Waals surface area contributed by atoms with Crippen molar-refractivity contribution in [2.24, 2.45) is 0 Å². The highest BCUT2D eigenvalue weighted by molar-refractivity contribution is 5.90. The first kappa shape index (κ1) is 9.45. The Kier molecular flexibility index (Phi) is 2.78. The molecule has 0 unspecified atom stereocenters. The molecule has 1 N–H and O–H groups in total. The molecule has 0 fully saturated rings. The van der Waals surface area contributed by atoms with E-state index in [0.29, 0.717) is 11.6 Å². The maximum atomic E-state index is 11.5. The minimum absolute atomic E-state index is 0.136. The molecule has 0 spiro atoms. The molecular weight excluding hydrogens is 192 g/mol. The predicted molar refractivity (Wildman–Crippen MR) is 55.3 cm³/mol. The van der Waals surface area contributed by atoms with Gasteiger partial charge in [-0.15, -0.1) is 0 Å². The summed E-state index contributed by atoms with van der Waals surface area (Å²) in [5.41, 5.74) is 0. The van der Waals surface area contributed by atoms with Gasteiger partial charge in [-0.2, -0.15) is 0 Å². The second kappa shape index (κ2) is 4.41. The largest absolute Gasteiger partial charge is 0.469 e. The number of furan rings is 1. The fourth-order valence-corrected chi connectivity index (χ4v) is 1.20. The number of nitrogens with zero attached hydrogens (tertiary/aromatic N) is 1. The first-order chi connectivity index (χ1) is 7.34. The Bertz CT molecular complexity index is 423. The highest BCUT2D eigenvalue weighted by Gasteiger charge is 2.05. The SMILES string of the molecule is O=C(Cc1ccco1)Nc1ccccn1. The van der Waals surface area contributed by atoms with Crippen LogP contribution < -0.4 is 5.32 Å². The van der Waals surface area contributed by atoms with Gasteiger partial charge in [-0.25, -0.2) is 4.98 Å². The molecule has 0 radical (unpaired) electrons. The molecule has 0 aliphatic heterocycles. The number of carbonyl (C=O) groups excluding carboxylic acids is 1. The molecular formula is C11H10N2O2. The van der Waals surface area contributed by atoms with Crippen LogP contribution in [0.2, 0.25) is 0 Å². The van der Waals surface area contributed by atoms with Crippen LogP contribution in [-0.4, -0.2) is 10.9 Å². The summed E-state index contributed by atoms with van der Waals surface area (Å²) in [6.07, 6.45) is 3.40. The van der Waals surface area contributed by atoms with Crippen molar-refractivity contribution in [3.63, 3.8) is 0 Å². The van der Waals surface area contributed by atoms with E-state index in [9.17, 15) is 4.79 Å². The van der Waals surface area contributed by atoms with Crippen LogP contribution in [0.3, 0.4) is 0 Å². The van der Waals surface area contributed by atoms with E-state index in [1.165, 1.54) is 0 Å². The van der Waals surface area contributed by atoms with Gasteiger partial charge in [0.25, 0.3) is 0 Å². The van der Waals surface area contributed by atoms with Gasteiger partial charge in [-0.1, -0.05) is 6.07 Å². The highest BCUT2D eigenvalue weighted by atomic mass is 16.3. The number of rotatable bonds is 3. The van der Waals surface area contributed by atoms with E-state index in [2.05, 4.69) is 10.3 Å². The average molecular weight is 202 g/mol. The number of hydrogen-bond acceptors (Lipinski definition) is 3. The smallest absolute Gasteiger partial charge is 0.233 e. The highest BCUT2D eigenvalue weighted by Crippen LogP contribution is 2.04. The van der Waals surface area contributed by atoms with Gasteiger partial charge in [0.1, 0.15) is 11.6 Å². The lowest BCUT2D eigenvalue weighted by Gasteiger charge is -2.01. The second-order valence-electron chi connectivity index (χ2n) is 3.02. The number of hydrogen-bond donors (Lipinski definition) is 1. The topological polar surface area (TPSA) is 55.1 Å². The van der Waals surface area contributed by atoms with Crippen molar-refractivity contribution >= 4 is 11.7 Å².